The first-order chi connectivity index (χ1) is 17.6. The zero-order chi connectivity index (χ0) is 26.7. The Kier molecular flexibility index (Phi) is 7.81. The van der Waals surface area contributed by atoms with Crippen LogP contribution in [0.3, 0.4) is 0 Å². The molecule has 37 heavy (non-hydrogen) atoms. The smallest absolute Gasteiger partial charge is 0.303 e. The minimum absolute atomic E-state index is 0.00127. The normalized spacial score (nSPS) is 16.5. The van der Waals surface area contributed by atoms with Gasteiger partial charge < -0.3 is 14.6 Å². The molecule has 0 bridgehead atoms. The summed E-state index contributed by atoms with van der Waals surface area (Å²) in [7, 11) is 1.48. The Morgan fingerprint density at radius 3 is 2.54 bits per heavy atom. The lowest BCUT2D eigenvalue weighted by molar-refractivity contribution is -0.136. The lowest BCUT2D eigenvalue weighted by Crippen LogP contribution is -2.17. The fraction of sp³-hybridized carbons (Fsp3) is 0.367. The molecule has 1 saturated carbocycles. The number of hydrogen-bond acceptors (Lipinski definition) is 3. The maximum atomic E-state index is 15.8. The van der Waals surface area contributed by atoms with Crippen LogP contribution in [0.5, 0.6) is 11.5 Å². The highest BCUT2D eigenvalue weighted by atomic mass is 19.1. The van der Waals surface area contributed by atoms with Crippen molar-refractivity contribution < 1.29 is 32.5 Å². The molecule has 196 valence electrons. The number of aliphatic carboxylic acids is 1. The Bertz CT molecular complexity index is 1300. The molecule has 0 saturated heterocycles. The summed E-state index contributed by atoms with van der Waals surface area (Å²) in [6.45, 7) is 4.17. The van der Waals surface area contributed by atoms with Gasteiger partial charge >= 0.3 is 5.97 Å². The van der Waals surface area contributed by atoms with E-state index in [1.54, 1.807) is 6.07 Å². The van der Waals surface area contributed by atoms with Crippen LogP contribution in [-0.2, 0) is 17.8 Å². The molecule has 4 nitrogen and oxygen atoms in total. The van der Waals surface area contributed by atoms with Crippen molar-refractivity contribution in [1.82, 2.24) is 0 Å². The van der Waals surface area contributed by atoms with Crippen molar-refractivity contribution in [3.63, 3.8) is 0 Å². The van der Waals surface area contributed by atoms with Gasteiger partial charge in [-0.1, -0.05) is 38.5 Å². The van der Waals surface area contributed by atoms with Gasteiger partial charge in [-0.2, -0.15) is 0 Å². The van der Waals surface area contributed by atoms with Crippen molar-refractivity contribution in [2.45, 2.75) is 58.5 Å². The van der Waals surface area contributed by atoms with Gasteiger partial charge in [0.05, 0.1) is 7.11 Å². The van der Waals surface area contributed by atoms with Crippen molar-refractivity contribution in [1.29, 1.82) is 0 Å². The van der Waals surface area contributed by atoms with Crippen molar-refractivity contribution >= 4 is 5.97 Å². The monoisotopic (exact) mass is 512 g/mol. The minimum Gasteiger partial charge on any atom is -0.497 e. The summed E-state index contributed by atoms with van der Waals surface area (Å²) >= 11 is 0. The minimum atomic E-state index is -1.02. The van der Waals surface area contributed by atoms with E-state index in [0.717, 1.165) is 19.3 Å². The summed E-state index contributed by atoms with van der Waals surface area (Å²) in [5, 5.41) is 8.90. The van der Waals surface area contributed by atoms with Crippen LogP contribution in [0.2, 0.25) is 0 Å². The fourth-order valence-electron chi connectivity index (χ4n) is 5.32. The van der Waals surface area contributed by atoms with E-state index >= 15 is 4.39 Å². The molecule has 7 heteroatoms. The van der Waals surface area contributed by atoms with Gasteiger partial charge in [0, 0.05) is 17.5 Å². The Morgan fingerprint density at radius 1 is 1.08 bits per heavy atom. The number of rotatable bonds is 9. The molecule has 1 atom stereocenters. The summed E-state index contributed by atoms with van der Waals surface area (Å²) in [6.07, 6.45) is 2.63. The van der Waals surface area contributed by atoms with E-state index in [1.165, 1.54) is 43.5 Å². The first-order valence-corrected chi connectivity index (χ1v) is 12.4. The summed E-state index contributed by atoms with van der Waals surface area (Å²) < 4.78 is 56.6. The van der Waals surface area contributed by atoms with Crippen LogP contribution in [0.25, 0.3) is 11.1 Å². The Labute approximate surface area is 215 Å². The quantitative estimate of drug-likeness (QED) is 0.320. The van der Waals surface area contributed by atoms with E-state index in [4.69, 9.17) is 14.6 Å². The number of aryl methyl sites for hydroxylation is 1. The summed E-state index contributed by atoms with van der Waals surface area (Å²) in [6, 6.07) is 12.0. The van der Waals surface area contributed by atoms with Crippen LogP contribution in [-0.4, -0.2) is 18.2 Å². The van der Waals surface area contributed by atoms with Crippen LogP contribution in [0.15, 0.2) is 48.5 Å². The van der Waals surface area contributed by atoms with Crippen molar-refractivity contribution in [3.8, 4) is 22.6 Å². The third-order valence-electron chi connectivity index (χ3n) is 7.30. The molecule has 1 N–H and O–H groups in total. The Morgan fingerprint density at radius 2 is 1.86 bits per heavy atom. The van der Waals surface area contributed by atoms with Gasteiger partial charge in [0.15, 0.2) is 11.6 Å². The number of halogens is 3. The van der Waals surface area contributed by atoms with Gasteiger partial charge in [0.1, 0.15) is 24.0 Å². The molecular weight excluding hydrogens is 481 g/mol. The first-order valence-electron chi connectivity index (χ1n) is 12.4. The van der Waals surface area contributed by atoms with Crippen molar-refractivity contribution in [3.05, 3.63) is 82.7 Å². The lowest BCUT2D eigenvalue weighted by Gasteiger charge is -2.30. The molecule has 0 unspecified atom stereocenters. The van der Waals surface area contributed by atoms with Crippen LogP contribution in [0.4, 0.5) is 13.2 Å². The maximum Gasteiger partial charge on any atom is 0.303 e. The molecule has 3 aromatic rings. The number of carbonyl (C=O) groups is 1. The van der Waals surface area contributed by atoms with E-state index in [2.05, 4.69) is 13.8 Å². The highest BCUT2D eigenvalue weighted by Crippen LogP contribution is 2.52. The summed E-state index contributed by atoms with van der Waals surface area (Å²) in [5.74, 6) is -2.37. The third-order valence-corrected chi connectivity index (χ3v) is 7.30. The van der Waals surface area contributed by atoms with E-state index in [9.17, 15) is 13.6 Å². The highest BCUT2D eigenvalue weighted by molar-refractivity contribution is 5.72. The van der Waals surface area contributed by atoms with E-state index < -0.39 is 23.4 Å². The molecule has 0 heterocycles. The third kappa shape index (κ3) is 5.76. The van der Waals surface area contributed by atoms with Crippen LogP contribution >= 0.6 is 0 Å². The van der Waals surface area contributed by atoms with Gasteiger partial charge in [0.25, 0.3) is 0 Å². The van der Waals surface area contributed by atoms with E-state index in [0.29, 0.717) is 16.9 Å². The molecule has 0 aliphatic heterocycles. The molecule has 1 fully saturated rings. The SMILES string of the molecule is COc1ccc(F)c(-c2c(F)cc(COc3cccc(CCC(=O)O)c3F)cc2[C@@H]2CCCC2(C)C)c1. The van der Waals surface area contributed by atoms with Crippen molar-refractivity contribution in [2.24, 2.45) is 5.41 Å². The standard InChI is InChI=1S/C30H31F3O4/c1-30(2)13-5-7-23(30)21-14-18(15-25(32)28(21)22-16-20(36-3)10-11-24(22)31)17-37-26-8-4-6-19(29(26)33)9-12-27(34)35/h4,6,8,10-11,14-16,23H,5,7,9,12-13,17H2,1-3H3,(H,34,35)/t23-/m0/s1. The van der Waals surface area contributed by atoms with Crippen LogP contribution in [0.1, 0.15) is 62.1 Å². The molecule has 1 aliphatic carbocycles. The van der Waals surface area contributed by atoms with Gasteiger partial charge in [-0.15, -0.1) is 0 Å². The summed E-state index contributed by atoms with van der Waals surface area (Å²) in [5.41, 5.74) is 1.67. The van der Waals surface area contributed by atoms with E-state index in [-0.39, 0.29) is 53.2 Å². The number of methoxy groups -OCH3 is 1. The van der Waals surface area contributed by atoms with Crippen LogP contribution in [0, 0.1) is 22.9 Å². The average Bonchev–Trinajstić information content (AvgIpc) is 3.21. The average molecular weight is 513 g/mol. The predicted molar refractivity (Wildman–Crippen MR) is 135 cm³/mol. The molecule has 3 aromatic carbocycles. The van der Waals surface area contributed by atoms with E-state index in [1.807, 2.05) is 6.07 Å². The number of hydrogen-bond donors (Lipinski definition) is 1. The van der Waals surface area contributed by atoms with Gasteiger partial charge in [-0.05, 0) is 77.6 Å². The second kappa shape index (κ2) is 10.9. The zero-order valence-electron chi connectivity index (χ0n) is 21.2. The zero-order valence-corrected chi connectivity index (χ0v) is 21.2. The predicted octanol–water partition coefficient (Wildman–Crippen LogP) is 7.67. The highest BCUT2D eigenvalue weighted by Gasteiger charge is 2.38. The molecule has 0 spiro atoms. The van der Waals surface area contributed by atoms with Gasteiger partial charge in [-0.3, -0.25) is 4.79 Å². The largest absolute Gasteiger partial charge is 0.497 e. The fourth-order valence-corrected chi connectivity index (χ4v) is 5.32. The molecule has 1 aliphatic rings. The number of carboxylic acids is 1. The summed E-state index contributed by atoms with van der Waals surface area (Å²) in [4.78, 5) is 10.9. The second-order valence-corrected chi connectivity index (χ2v) is 10.2. The molecule has 0 amide bonds. The number of carboxylic acid groups (broad SMARTS) is 1. The lowest BCUT2D eigenvalue weighted by atomic mass is 9.75. The second-order valence-electron chi connectivity index (χ2n) is 10.2. The van der Waals surface area contributed by atoms with Crippen LogP contribution < -0.4 is 9.47 Å². The number of benzene rings is 3. The molecule has 4 rings (SSSR count). The van der Waals surface area contributed by atoms with Crippen molar-refractivity contribution in [2.75, 3.05) is 7.11 Å². The molecular formula is C30H31F3O4. The first kappa shape index (κ1) is 26.6. The Balaban J connectivity index is 1.71. The molecule has 0 aromatic heterocycles. The Hall–Kier alpha value is -3.48. The van der Waals surface area contributed by atoms with Gasteiger partial charge in [0.2, 0.25) is 0 Å². The maximum absolute atomic E-state index is 15.8. The number of ether oxygens (including phenoxy) is 2. The molecule has 0 radical (unpaired) electrons. The van der Waals surface area contributed by atoms with Gasteiger partial charge in [-0.25, -0.2) is 13.2 Å². The topological polar surface area (TPSA) is 55.8 Å².